The molecule has 5 heteroatoms. The van der Waals surface area contributed by atoms with Crippen LogP contribution in [0.1, 0.15) is 38.3 Å². The molecule has 0 aromatic carbocycles. The van der Waals surface area contributed by atoms with Crippen LogP contribution in [0.2, 0.25) is 0 Å². The topological polar surface area (TPSA) is 92.0 Å². The highest BCUT2D eigenvalue weighted by molar-refractivity contribution is 5.73. The van der Waals surface area contributed by atoms with E-state index in [1.807, 2.05) is 20.8 Å². The maximum absolute atomic E-state index is 10.6. The van der Waals surface area contributed by atoms with Crippen LogP contribution in [0.15, 0.2) is 6.20 Å². The van der Waals surface area contributed by atoms with Crippen LogP contribution in [0, 0.1) is 0 Å². The number of carboxylic acids is 1. The van der Waals surface area contributed by atoms with Gasteiger partial charge in [-0.25, -0.2) is 4.98 Å². The number of aromatic nitrogens is 2. The third-order valence-corrected chi connectivity index (χ3v) is 1.96. The van der Waals surface area contributed by atoms with Gasteiger partial charge < -0.3 is 15.8 Å². The third-order valence-electron chi connectivity index (χ3n) is 1.96. The van der Waals surface area contributed by atoms with Gasteiger partial charge in [0.1, 0.15) is 5.82 Å². The fourth-order valence-electron chi connectivity index (χ4n) is 0.993. The van der Waals surface area contributed by atoms with Gasteiger partial charge in [-0.1, -0.05) is 20.8 Å². The summed E-state index contributed by atoms with van der Waals surface area (Å²) in [7, 11) is 0. The Morgan fingerprint density at radius 3 is 2.57 bits per heavy atom. The summed E-state index contributed by atoms with van der Waals surface area (Å²) in [5.41, 5.74) is 6.20. The predicted octanol–water partition coefficient (Wildman–Crippen LogP) is 0.792. The Balaban J connectivity index is 2.94. The molecule has 0 bridgehead atoms. The molecule has 1 atom stereocenters. The molecule has 0 saturated heterocycles. The van der Waals surface area contributed by atoms with Crippen LogP contribution in [0.4, 0.5) is 0 Å². The molecule has 1 heterocycles. The lowest BCUT2D eigenvalue weighted by atomic mass is 9.93. The lowest BCUT2D eigenvalue weighted by Gasteiger charge is -2.15. The highest BCUT2D eigenvalue weighted by Crippen LogP contribution is 2.20. The van der Waals surface area contributed by atoms with E-state index in [0.29, 0.717) is 5.82 Å². The van der Waals surface area contributed by atoms with Crippen molar-refractivity contribution in [3.05, 3.63) is 17.7 Å². The van der Waals surface area contributed by atoms with Crippen LogP contribution in [-0.4, -0.2) is 21.0 Å². The summed E-state index contributed by atoms with van der Waals surface area (Å²) in [6, 6.07) is -1.08. The number of nitrogens with zero attached hydrogens (tertiary/aromatic N) is 1. The smallest absolute Gasteiger partial charge is 0.328 e. The zero-order chi connectivity index (χ0) is 10.9. The van der Waals surface area contributed by atoms with Crippen LogP contribution in [0.3, 0.4) is 0 Å². The van der Waals surface area contributed by atoms with E-state index in [0.717, 1.165) is 5.69 Å². The van der Waals surface area contributed by atoms with Crippen LogP contribution in [0.25, 0.3) is 0 Å². The second-order valence-electron chi connectivity index (χ2n) is 4.25. The maximum Gasteiger partial charge on any atom is 0.328 e. The van der Waals surface area contributed by atoms with Crippen LogP contribution in [0.5, 0.6) is 0 Å². The summed E-state index contributed by atoms with van der Waals surface area (Å²) >= 11 is 0. The minimum Gasteiger partial charge on any atom is -0.480 e. The van der Waals surface area contributed by atoms with Gasteiger partial charge >= 0.3 is 5.97 Å². The number of nitrogens with two attached hydrogens (primary N) is 1. The van der Waals surface area contributed by atoms with Crippen LogP contribution in [-0.2, 0) is 10.2 Å². The first kappa shape index (κ1) is 10.7. The highest BCUT2D eigenvalue weighted by atomic mass is 16.4. The quantitative estimate of drug-likeness (QED) is 0.653. The normalized spacial score (nSPS) is 14.0. The van der Waals surface area contributed by atoms with Crippen molar-refractivity contribution in [2.75, 3.05) is 0 Å². The molecule has 4 N–H and O–H groups in total. The van der Waals surface area contributed by atoms with Crippen molar-refractivity contribution in [3.63, 3.8) is 0 Å². The zero-order valence-electron chi connectivity index (χ0n) is 8.53. The average molecular weight is 197 g/mol. The number of carboxylic acid groups (broad SMARTS) is 1. The third kappa shape index (κ3) is 2.11. The SMILES string of the molecule is CC(C)(C)c1cnc(C(N)C(=O)O)[nH]1. The van der Waals surface area contributed by atoms with Gasteiger partial charge in [-0.3, -0.25) is 4.79 Å². The van der Waals surface area contributed by atoms with E-state index in [1.54, 1.807) is 6.20 Å². The Bertz CT molecular complexity index is 338. The van der Waals surface area contributed by atoms with Gasteiger partial charge in [-0.05, 0) is 0 Å². The van der Waals surface area contributed by atoms with Gasteiger partial charge in [0.15, 0.2) is 6.04 Å². The molecule has 0 amide bonds. The largest absolute Gasteiger partial charge is 0.480 e. The van der Waals surface area contributed by atoms with Crippen LogP contribution >= 0.6 is 0 Å². The molecule has 1 rings (SSSR count). The lowest BCUT2D eigenvalue weighted by Crippen LogP contribution is -2.22. The molecule has 0 fully saturated rings. The number of nitrogens with one attached hydrogen (secondary N) is 1. The molecular formula is C9H15N3O2. The van der Waals surface area contributed by atoms with Crippen LogP contribution < -0.4 is 5.73 Å². The van der Waals surface area contributed by atoms with E-state index >= 15 is 0 Å². The van der Waals surface area contributed by atoms with E-state index in [4.69, 9.17) is 10.8 Å². The molecule has 78 valence electrons. The first-order valence-corrected chi connectivity index (χ1v) is 4.36. The summed E-state index contributed by atoms with van der Waals surface area (Å²) in [6.45, 7) is 6.03. The number of imidazole rings is 1. The summed E-state index contributed by atoms with van der Waals surface area (Å²) in [5, 5.41) is 8.66. The summed E-state index contributed by atoms with van der Waals surface area (Å²) < 4.78 is 0. The molecule has 1 aromatic rings. The average Bonchev–Trinajstić information content (AvgIpc) is 2.49. The van der Waals surface area contributed by atoms with Gasteiger partial charge in [-0.2, -0.15) is 0 Å². The van der Waals surface area contributed by atoms with E-state index in [9.17, 15) is 4.79 Å². The van der Waals surface area contributed by atoms with Crippen molar-refractivity contribution in [1.82, 2.24) is 9.97 Å². The molecule has 0 spiro atoms. The molecular weight excluding hydrogens is 182 g/mol. The number of aliphatic carboxylic acids is 1. The van der Waals surface area contributed by atoms with Gasteiger partial charge in [-0.15, -0.1) is 0 Å². The van der Waals surface area contributed by atoms with Gasteiger partial charge in [0, 0.05) is 17.3 Å². The minimum atomic E-state index is -1.08. The number of hydrogen-bond acceptors (Lipinski definition) is 3. The molecule has 5 nitrogen and oxygen atoms in total. The number of carbonyl (C=O) groups is 1. The first-order valence-electron chi connectivity index (χ1n) is 4.36. The van der Waals surface area contributed by atoms with Crippen molar-refractivity contribution in [2.45, 2.75) is 32.2 Å². The predicted molar refractivity (Wildman–Crippen MR) is 51.9 cm³/mol. The first-order chi connectivity index (χ1) is 6.32. The standard InChI is InChI=1S/C9H15N3O2/c1-9(2,3)5-4-11-7(12-5)6(10)8(13)14/h4,6H,10H2,1-3H3,(H,11,12)(H,13,14). The Morgan fingerprint density at radius 2 is 2.21 bits per heavy atom. The maximum atomic E-state index is 10.6. The van der Waals surface area contributed by atoms with E-state index in [-0.39, 0.29) is 5.41 Å². The Kier molecular flexibility index (Phi) is 2.62. The van der Waals surface area contributed by atoms with Crippen molar-refractivity contribution < 1.29 is 9.90 Å². The Hall–Kier alpha value is -1.36. The fraction of sp³-hybridized carbons (Fsp3) is 0.556. The van der Waals surface area contributed by atoms with E-state index in [2.05, 4.69) is 9.97 Å². The monoisotopic (exact) mass is 197 g/mol. The van der Waals surface area contributed by atoms with Gasteiger partial charge in [0.2, 0.25) is 0 Å². The number of rotatable bonds is 2. The van der Waals surface area contributed by atoms with Crippen molar-refractivity contribution in [2.24, 2.45) is 5.73 Å². The Labute approximate surface area is 82.3 Å². The second kappa shape index (κ2) is 3.42. The summed E-state index contributed by atoms with van der Waals surface area (Å²) in [4.78, 5) is 17.4. The minimum absolute atomic E-state index is 0.0799. The Morgan fingerprint density at radius 1 is 1.64 bits per heavy atom. The van der Waals surface area contributed by atoms with E-state index in [1.165, 1.54) is 0 Å². The molecule has 0 aliphatic rings. The summed E-state index contributed by atoms with van der Waals surface area (Å²) in [5.74, 6) is -0.790. The summed E-state index contributed by atoms with van der Waals surface area (Å²) in [6.07, 6.45) is 1.62. The number of aromatic amines is 1. The molecule has 14 heavy (non-hydrogen) atoms. The molecule has 1 aromatic heterocycles. The highest BCUT2D eigenvalue weighted by Gasteiger charge is 2.21. The molecule has 1 unspecified atom stereocenters. The molecule has 0 aliphatic heterocycles. The lowest BCUT2D eigenvalue weighted by molar-refractivity contribution is -0.138. The van der Waals surface area contributed by atoms with Gasteiger partial charge in [0.05, 0.1) is 0 Å². The number of H-pyrrole nitrogens is 1. The second-order valence-corrected chi connectivity index (χ2v) is 4.25. The fourth-order valence-corrected chi connectivity index (χ4v) is 0.993. The molecule has 0 radical (unpaired) electrons. The zero-order valence-corrected chi connectivity index (χ0v) is 8.53. The van der Waals surface area contributed by atoms with Crippen molar-refractivity contribution in [3.8, 4) is 0 Å². The van der Waals surface area contributed by atoms with Crippen molar-refractivity contribution >= 4 is 5.97 Å². The molecule has 0 aliphatic carbocycles. The number of hydrogen-bond donors (Lipinski definition) is 3. The van der Waals surface area contributed by atoms with Crippen molar-refractivity contribution in [1.29, 1.82) is 0 Å². The molecule has 0 saturated carbocycles. The van der Waals surface area contributed by atoms with E-state index < -0.39 is 12.0 Å². The van der Waals surface area contributed by atoms with Gasteiger partial charge in [0.25, 0.3) is 0 Å².